The summed E-state index contributed by atoms with van der Waals surface area (Å²) >= 11 is 0. The zero-order valence-corrected chi connectivity index (χ0v) is 13.4. The lowest BCUT2D eigenvalue weighted by molar-refractivity contribution is 0.481. The van der Waals surface area contributed by atoms with E-state index < -0.39 is 0 Å². The molecule has 0 aromatic heterocycles. The standard InChI is InChI=1S/C21H23N/c1-21(2)15-13-18(14-16-21)17-22(19-9-5-3-6-10-19)20-11-7-4-8-12-20/h3-15H,16-17H2,1-2H3. The molecular weight excluding hydrogens is 266 g/mol. The summed E-state index contributed by atoms with van der Waals surface area (Å²) in [6.07, 6.45) is 8.09. The van der Waals surface area contributed by atoms with Crippen molar-refractivity contribution in [3.8, 4) is 0 Å². The molecule has 0 atom stereocenters. The number of nitrogens with zero attached hydrogens (tertiary/aromatic N) is 1. The van der Waals surface area contributed by atoms with E-state index in [2.05, 4.69) is 97.6 Å². The molecule has 1 heteroatoms. The van der Waals surface area contributed by atoms with Gasteiger partial charge in [0, 0.05) is 17.9 Å². The van der Waals surface area contributed by atoms with Crippen LogP contribution in [-0.4, -0.2) is 6.54 Å². The van der Waals surface area contributed by atoms with Crippen LogP contribution in [0.25, 0.3) is 0 Å². The van der Waals surface area contributed by atoms with Crippen LogP contribution in [-0.2, 0) is 0 Å². The molecular formula is C21H23N. The van der Waals surface area contributed by atoms with Gasteiger partial charge in [0.25, 0.3) is 0 Å². The summed E-state index contributed by atoms with van der Waals surface area (Å²) in [6, 6.07) is 21.2. The minimum Gasteiger partial charge on any atom is -0.337 e. The second-order valence-electron chi connectivity index (χ2n) is 6.56. The number of hydrogen-bond donors (Lipinski definition) is 0. The molecule has 0 unspecified atom stereocenters. The van der Waals surface area contributed by atoms with Crippen LogP contribution >= 0.6 is 0 Å². The Labute approximate surface area is 133 Å². The Morgan fingerprint density at radius 2 is 1.41 bits per heavy atom. The zero-order chi connectivity index (χ0) is 15.4. The third-order valence-electron chi connectivity index (χ3n) is 4.12. The minimum absolute atomic E-state index is 0.286. The van der Waals surface area contributed by atoms with Gasteiger partial charge in [0.2, 0.25) is 0 Å². The number of anilines is 2. The molecule has 0 saturated carbocycles. The summed E-state index contributed by atoms with van der Waals surface area (Å²) < 4.78 is 0. The van der Waals surface area contributed by atoms with Crippen molar-refractivity contribution >= 4 is 11.4 Å². The molecule has 2 aromatic rings. The van der Waals surface area contributed by atoms with Gasteiger partial charge in [0.15, 0.2) is 0 Å². The third kappa shape index (κ3) is 3.48. The maximum absolute atomic E-state index is 2.37. The number of benzene rings is 2. The predicted molar refractivity (Wildman–Crippen MR) is 95.5 cm³/mol. The van der Waals surface area contributed by atoms with Gasteiger partial charge in [0.1, 0.15) is 0 Å². The summed E-state index contributed by atoms with van der Waals surface area (Å²) in [6.45, 7) is 5.46. The van der Waals surface area contributed by atoms with Crippen LogP contribution < -0.4 is 4.90 Å². The highest BCUT2D eigenvalue weighted by atomic mass is 15.1. The Balaban J connectivity index is 1.88. The van der Waals surface area contributed by atoms with E-state index in [0.29, 0.717) is 0 Å². The first kappa shape index (κ1) is 14.6. The molecule has 1 nitrogen and oxygen atoms in total. The molecule has 0 bridgehead atoms. The molecule has 1 aliphatic carbocycles. The van der Waals surface area contributed by atoms with Gasteiger partial charge in [-0.05, 0) is 41.7 Å². The van der Waals surface area contributed by atoms with Crippen molar-refractivity contribution in [2.45, 2.75) is 20.3 Å². The van der Waals surface area contributed by atoms with E-state index in [-0.39, 0.29) is 5.41 Å². The van der Waals surface area contributed by atoms with Gasteiger partial charge in [-0.1, -0.05) is 68.5 Å². The second kappa shape index (κ2) is 6.23. The quantitative estimate of drug-likeness (QED) is 0.694. The normalized spacial score (nSPS) is 16.2. The summed E-state index contributed by atoms with van der Waals surface area (Å²) in [7, 11) is 0. The molecule has 22 heavy (non-hydrogen) atoms. The maximum Gasteiger partial charge on any atom is 0.0478 e. The Morgan fingerprint density at radius 3 is 1.86 bits per heavy atom. The Morgan fingerprint density at radius 1 is 0.864 bits per heavy atom. The zero-order valence-electron chi connectivity index (χ0n) is 13.4. The lowest BCUT2D eigenvalue weighted by Gasteiger charge is -2.28. The average Bonchev–Trinajstić information content (AvgIpc) is 2.55. The van der Waals surface area contributed by atoms with Gasteiger partial charge in [-0.25, -0.2) is 0 Å². The molecule has 0 heterocycles. The van der Waals surface area contributed by atoms with Gasteiger partial charge < -0.3 is 4.90 Å². The highest BCUT2D eigenvalue weighted by Crippen LogP contribution is 2.31. The molecule has 0 radical (unpaired) electrons. The fourth-order valence-electron chi connectivity index (χ4n) is 2.71. The number of rotatable bonds is 4. The van der Waals surface area contributed by atoms with E-state index in [0.717, 1.165) is 13.0 Å². The van der Waals surface area contributed by atoms with E-state index >= 15 is 0 Å². The van der Waals surface area contributed by atoms with E-state index in [1.807, 2.05) is 0 Å². The van der Waals surface area contributed by atoms with E-state index in [9.17, 15) is 0 Å². The van der Waals surface area contributed by atoms with Crippen LogP contribution in [0.4, 0.5) is 11.4 Å². The molecule has 0 N–H and O–H groups in total. The highest BCUT2D eigenvalue weighted by Gasteiger charge is 2.17. The fourth-order valence-corrected chi connectivity index (χ4v) is 2.71. The minimum atomic E-state index is 0.286. The van der Waals surface area contributed by atoms with Crippen LogP contribution in [0.15, 0.2) is 84.5 Å². The Kier molecular flexibility index (Phi) is 4.15. The van der Waals surface area contributed by atoms with Crippen LogP contribution in [0, 0.1) is 5.41 Å². The van der Waals surface area contributed by atoms with Crippen molar-refractivity contribution in [1.29, 1.82) is 0 Å². The molecule has 2 aromatic carbocycles. The van der Waals surface area contributed by atoms with Crippen LogP contribution in [0.3, 0.4) is 0 Å². The molecule has 1 aliphatic rings. The molecule has 0 fully saturated rings. The highest BCUT2D eigenvalue weighted by molar-refractivity contribution is 5.64. The third-order valence-corrected chi connectivity index (χ3v) is 4.12. The van der Waals surface area contributed by atoms with Crippen molar-refractivity contribution < 1.29 is 0 Å². The fraction of sp³-hybridized carbons (Fsp3) is 0.238. The van der Waals surface area contributed by atoms with Crippen LogP contribution in [0.5, 0.6) is 0 Å². The predicted octanol–water partition coefficient (Wildman–Crippen LogP) is 5.74. The van der Waals surface area contributed by atoms with Crippen molar-refractivity contribution in [2.24, 2.45) is 5.41 Å². The molecule has 0 saturated heterocycles. The molecule has 3 rings (SSSR count). The summed E-state index contributed by atoms with van der Waals surface area (Å²) in [5.74, 6) is 0. The van der Waals surface area contributed by atoms with E-state index in [1.165, 1.54) is 16.9 Å². The maximum atomic E-state index is 2.37. The smallest absolute Gasteiger partial charge is 0.0478 e. The summed E-state index contributed by atoms with van der Waals surface area (Å²) in [4.78, 5) is 2.37. The summed E-state index contributed by atoms with van der Waals surface area (Å²) in [5, 5.41) is 0. The molecule has 0 aliphatic heterocycles. The van der Waals surface area contributed by atoms with Crippen molar-refractivity contribution in [1.82, 2.24) is 0 Å². The SMILES string of the molecule is CC1(C)C=CC(CN(c2ccccc2)c2ccccc2)=CC1. The topological polar surface area (TPSA) is 3.24 Å². The molecule has 0 spiro atoms. The lowest BCUT2D eigenvalue weighted by atomic mass is 9.84. The largest absolute Gasteiger partial charge is 0.337 e. The first-order valence-corrected chi connectivity index (χ1v) is 7.90. The van der Waals surface area contributed by atoms with Gasteiger partial charge in [-0.15, -0.1) is 0 Å². The lowest BCUT2D eigenvalue weighted by Crippen LogP contribution is -2.21. The first-order chi connectivity index (χ1) is 10.6. The number of para-hydroxylation sites is 2. The van der Waals surface area contributed by atoms with E-state index in [4.69, 9.17) is 0 Å². The monoisotopic (exact) mass is 289 g/mol. The van der Waals surface area contributed by atoms with Gasteiger partial charge in [-0.2, -0.15) is 0 Å². The van der Waals surface area contributed by atoms with Gasteiger partial charge in [-0.3, -0.25) is 0 Å². The molecule has 0 amide bonds. The van der Waals surface area contributed by atoms with Crippen molar-refractivity contribution in [3.63, 3.8) is 0 Å². The van der Waals surface area contributed by atoms with Crippen LogP contribution in [0.1, 0.15) is 20.3 Å². The number of hydrogen-bond acceptors (Lipinski definition) is 1. The first-order valence-electron chi connectivity index (χ1n) is 7.90. The molecule has 112 valence electrons. The van der Waals surface area contributed by atoms with Gasteiger partial charge in [0.05, 0.1) is 0 Å². The van der Waals surface area contributed by atoms with Crippen molar-refractivity contribution in [3.05, 3.63) is 84.5 Å². The Bertz CT molecular complexity index is 626. The average molecular weight is 289 g/mol. The Hall–Kier alpha value is -2.28. The van der Waals surface area contributed by atoms with E-state index in [1.54, 1.807) is 0 Å². The second-order valence-corrected chi connectivity index (χ2v) is 6.56. The number of allylic oxidation sites excluding steroid dienone is 2. The summed E-state index contributed by atoms with van der Waals surface area (Å²) in [5.41, 5.74) is 4.13. The van der Waals surface area contributed by atoms with Crippen LogP contribution in [0.2, 0.25) is 0 Å². The van der Waals surface area contributed by atoms with Crippen molar-refractivity contribution in [2.75, 3.05) is 11.4 Å². The van der Waals surface area contributed by atoms with Gasteiger partial charge >= 0.3 is 0 Å².